The van der Waals surface area contributed by atoms with E-state index in [9.17, 15) is 4.79 Å². The van der Waals surface area contributed by atoms with Gasteiger partial charge in [-0.05, 0) is 67.0 Å². The molecule has 0 fully saturated rings. The minimum Gasteiger partial charge on any atom is -0.379 e. The van der Waals surface area contributed by atoms with Gasteiger partial charge in [0.05, 0.1) is 0 Å². The van der Waals surface area contributed by atoms with Gasteiger partial charge in [0.25, 0.3) is 5.91 Å². The zero-order chi connectivity index (χ0) is 12.4. The van der Waals surface area contributed by atoms with Crippen molar-refractivity contribution in [1.82, 2.24) is 10.3 Å². The highest BCUT2D eigenvalue weighted by atomic mass is 127. The van der Waals surface area contributed by atoms with Crippen molar-refractivity contribution in [2.75, 3.05) is 11.1 Å². The van der Waals surface area contributed by atoms with Crippen molar-refractivity contribution in [2.24, 2.45) is 0 Å². The van der Waals surface area contributed by atoms with Crippen LogP contribution in [0.5, 0.6) is 0 Å². The Balaban J connectivity index is 2.19. The van der Waals surface area contributed by atoms with Crippen LogP contribution in [0.15, 0.2) is 27.3 Å². The molecular weight excluding hydrogens is 403 g/mol. The van der Waals surface area contributed by atoms with Gasteiger partial charge in [0.15, 0.2) is 0 Å². The number of hydrogen-bond acceptors (Lipinski definition) is 5. The first-order chi connectivity index (χ1) is 8.08. The molecule has 17 heavy (non-hydrogen) atoms. The quantitative estimate of drug-likeness (QED) is 0.743. The first kappa shape index (κ1) is 12.3. The Hall–Kier alpha value is -1.16. The molecule has 2 rings (SSSR count). The molecule has 0 unspecified atom stereocenters. The van der Waals surface area contributed by atoms with E-state index >= 15 is 0 Å². The number of aromatic nitrogens is 2. The Morgan fingerprint density at radius 3 is 2.82 bits per heavy atom. The number of anilines is 2. The fraction of sp³-hybridized carbons (Fsp3) is 0. The third kappa shape index (κ3) is 2.75. The van der Waals surface area contributed by atoms with Crippen LogP contribution in [0.2, 0.25) is 0 Å². The molecule has 0 radical (unpaired) electrons. The standard InChI is InChI=1S/C9H6BrIN4O2/c10-5-2-1-4(3-6(5)11)13-9(16)7-8(12)15-17-14-7/h1-3H,(H2,12,15)(H,13,16). The Labute approximate surface area is 118 Å². The minimum atomic E-state index is -0.457. The van der Waals surface area contributed by atoms with Gasteiger partial charge >= 0.3 is 0 Å². The van der Waals surface area contributed by atoms with Crippen LogP contribution in [0.1, 0.15) is 10.5 Å². The highest BCUT2D eigenvalue weighted by molar-refractivity contribution is 14.1. The molecule has 0 saturated heterocycles. The van der Waals surface area contributed by atoms with Crippen molar-refractivity contribution in [3.63, 3.8) is 0 Å². The number of rotatable bonds is 2. The van der Waals surface area contributed by atoms with E-state index < -0.39 is 5.91 Å². The monoisotopic (exact) mass is 408 g/mol. The van der Waals surface area contributed by atoms with Gasteiger partial charge in [0, 0.05) is 13.7 Å². The van der Waals surface area contributed by atoms with Crippen LogP contribution in [0.25, 0.3) is 0 Å². The van der Waals surface area contributed by atoms with Crippen LogP contribution in [0.3, 0.4) is 0 Å². The van der Waals surface area contributed by atoms with Gasteiger partial charge in [-0.3, -0.25) is 4.79 Å². The molecule has 6 nitrogen and oxygen atoms in total. The average Bonchev–Trinajstić information content (AvgIpc) is 2.70. The number of hydrogen-bond donors (Lipinski definition) is 2. The Kier molecular flexibility index (Phi) is 3.62. The van der Waals surface area contributed by atoms with E-state index in [1.54, 1.807) is 6.07 Å². The number of halogens is 2. The normalized spacial score (nSPS) is 10.2. The summed E-state index contributed by atoms with van der Waals surface area (Å²) in [7, 11) is 0. The number of nitrogens with one attached hydrogen (secondary N) is 1. The molecule has 0 bridgehead atoms. The van der Waals surface area contributed by atoms with Crippen LogP contribution >= 0.6 is 38.5 Å². The van der Waals surface area contributed by atoms with Crippen molar-refractivity contribution in [3.05, 3.63) is 31.9 Å². The highest BCUT2D eigenvalue weighted by Gasteiger charge is 2.16. The van der Waals surface area contributed by atoms with Crippen LogP contribution in [-0.2, 0) is 0 Å². The van der Waals surface area contributed by atoms with Crippen LogP contribution in [-0.4, -0.2) is 16.2 Å². The van der Waals surface area contributed by atoms with Crippen molar-refractivity contribution in [2.45, 2.75) is 0 Å². The largest absolute Gasteiger partial charge is 0.379 e. The topological polar surface area (TPSA) is 94.0 Å². The summed E-state index contributed by atoms with van der Waals surface area (Å²) in [5, 5.41) is 9.40. The SMILES string of the molecule is Nc1nonc1C(=O)Nc1ccc(Br)c(I)c1. The van der Waals surface area contributed by atoms with Gasteiger partial charge in [-0.25, -0.2) is 4.63 Å². The maximum Gasteiger partial charge on any atom is 0.281 e. The number of benzene rings is 1. The second-order valence-corrected chi connectivity index (χ2v) is 5.10. The lowest BCUT2D eigenvalue weighted by molar-refractivity contribution is 0.101. The van der Waals surface area contributed by atoms with Crippen molar-refractivity contribution in [1.29, 1.82) is 0 Å². The van der Waals surface area contributed by atoms with Gasteiger partial charge in [0.2, 0.25) is 11.5 Å². The maximum atomic E-state index is 11.7. The van der Waals surface area contributed by atoms with Crippen LogP contribution in [0, 0.1) is 3.57 Å². The number of nitrogen functional groups attached to an aromatic ring is 1. The summed E-state index contributed by atoms with van der Waals surface area (Å²) in [6.45, 7) is 0. The van der Waals surface area contributed by atoms with Gasteiger partial charge in [-0.1, -0.05) is 0 Å². The smallest absolute Gasteiger partial charge is 0.281 e. The third-order valence-corrected chi connectivity index (χ3v) is 4.23. The van der Waals surface area contributed by atoms with Gasteiger partial charge in [0.1, 0.15) is 0 Å². The van der Waals surface area contributed by atoms with E-state index in [2.05, 4.69) is 58.8 Å². The summed E-state index contributed by atoms with van der Waals surface area (Å²) < 4.78 is 6.29. The van der Waals surface area contributed by atoms with Crippen molar-refractivity contribution >= 4 is 55.9 Å². The van der Waals surface area contributed by atoms with Crippen LogP contribution < -0.4 is 11.1 Å². The number of nitrogens with two attached hydrogens (primary N) is 1. The molecule has 3 N–H and O–H groups in total. The first-order valence-corrected chi connectivity index (χ1v) is 6.29. The fourth-order valence-electron chi connectivity index (χ4n) is 1.12. The molecule has 0 aliphatic heterocycles. The van der Waals surface area contributed by atoms with Crippen molar-refractivity contribution in [3.8, 4) is 0 Å². The number of amides is 1. The summed E-state index contributed by atoms with van der Waals surface area (Å²) in [6, 6.07) is 5.40. The molecule has 0 aliphatic rings. The lowest BCUT2D eigenvalue weighted by Gasteiger charge is -2.04. The van der Waals surface area contributed by atoms with E-state index in [1.807, 2.05) is 12.1 Å². The molecule has 0 atom stereocenters. The van der Waals surface area contributed by atoms with Gasteiger partial charge < -0.3 is 11.1 Å². The molecule has 1 aromatic carbocycles. The summed E-state index contributed by atoms with van der Waals surface area (Å²) >= 11 is 5.52. The number of nitrogens with zero attached hydrogens (tertiary/aromatic N) is 2. The molecule has 0 saturated carbocycles. The Bertz CT molecular complexity index is 572. The molecule has 1 heterocycles. The van der Waals surface area contributed by atoms with E-state index in [0.717, 1.165) is 8.04 Å². The predicted octanol–water partition coefficient (Wildman–Crippen LogP) is 2.27. The molecule has 0 aliphatic carbocycles. The number of carbonyl (C=O) groups excluding carboxylic acids is 1. The molecule has 2 aromatic rings. The van der Waals surface area contributed by atoms with E-state index in [-0.39, 0.29) is 11.5 Å². The highest BCUT2D eigenvalue weighted by Crippen LogP contribution is 2.23. The Morgan fingerprint density at radius 1 is 1.47 bits per heavy atom. The first-order valence-electron chi connectivity index (χ1n) is 4.42. The zero-order valence-electron chi connectivity index (χ0n) is 8.28. The molecular formula is C9H6BrIN4O2. The Morgan fingerprint density at radius 2 is 2.24 bits per heavy atom. The minimum absolute atomic E-state index is 0.0251. The van der Waals surface area contributed by atoms with E-state index in [4.69, 9.17) is 5.73 Å². The van der Waals surface area contributed by atoms with Gasteiger partial charge in [-0.15, -0.1) is 0 Å². The number of carbonyl (C=O) groups is 1. The molecule has 88 valence electrons. The fourth-order valence-corrected chi connectivity index (χ4v) is 1.88. The lowest BCUT2D eigenvalue weighted by atomic mass is 10.3. The average molecular weight is 409 g/mol. The van der Waals surface area contributed by atoms with E-state index in [0.29, 0.717) is 5.69 Å². The molecule has 0 spiro atoms. The predicted molar refractivity (Wildman–Crippen MR) is 73.5 cm³/mol. The van der Waals surface area contributed by atoms with Crippen molar-refractivity contribution < 1.29 is 9.42 Å². The molecule has 1 aromatic heterocycles. The second kappa shape index (κ2) is 5.00. The van der Waals surface area contributed by atoms with Gasteiger partial charge in [-0.2, -0.15) is 0 Å². The zero-order valence-corrected chi connectivity index (χ0v) is 12.0. The summed E-state index contributed by atoms with van der Waals surface area (Å²) in [5.74, 6) is -0.490. The second-order valence-electron chi connectivity index (χ2n) is 3.08. The maximum absolute atomic E-state index is 11.7. The summed E-state index contributed by atoms with van der Waals surface area (Å²) in [6.07, 6.45) is 0. The summed E-state index contributed by atoms with van der Waals surface area (Å²) in [5.41, 5.74) is 6.03. The lowest BCUT2D eigenvalue weighted by Crippen LogP contribution is -2.14. The molecule has 1 amide bonds. The van der Waals surface area contributed by atoms with E-state index in [1.165, 1.54) is 0 Å². The third-order valence-electron chi connectivity index (χ3n) is 1.91. The summed E-state index contributed by atoms with van der Waals surface area (Å²) in [4.78, 5) is 11.7. The molecule has 8 heteroatoms. The van der Waals surface area contributed by atoms with Crippen LogP contribution in [0.4, 0.5) is 11.5 Å².